The average molecular weight is 233 g/mol. The van der Waals surface area contributed by atoms with E-state index in [1.54, 1.807) is 0 Å². The number of rotatable bonds is 3. The lowest BCUT2D eigenvalue weighted by Crippen LogP contribution is -2.24. The van der Waals surface area contributed by atoms with Crippen molar-refractivity contribution in [2.75, 3.05) is 0 Å². The Morgan fingerprint density at radius 1 is 1.71 bits per heavy atom. The molecule has 1 aromatic rings. The van der Waals surface area contributed by atoms with Crippen LogP contribution < -0.4 is 5.56 Å². The molecule has 0 saturated carbocycles. The molecule has 1 heterocycles. The molecule has 14 heavy (non-hydrogen) atoms. The van der Waals surface area contributed by atoms with Crippen LogP contribution in [0.5, 0.6) is 0 Å². The van der Waals surface area contributed by atoms with Crippen LogP contribution in [0.4, 0.5) is 0 Å². The van der Waals surface area contributed by atoms with Crippen LogP contribution in [0, 0.1) is 0 Å². The van der Waals surface area contributed by atoms with E-state index in [-0.39, 0.29) is 17.3 Å². The largest absolute Gasteiger partial charge is 0.291 e. The molecule has 0 aromatic carbocycles. The molecular formula is C9H10Cl2N2O. The minimum atomic E-state index is -0.205. The van der Waals surface area contributed by atoms with Crippen LogP contribution in [0.2, 0.25) is 5.15 Å². The monoisotopic (exact) mass is 232 g/mol. The van der Waals surface area contributed by atoms with Crippen LogP contribution in [-0.2, 0) is 13.0 Å². The zero-order valence-corrected chi connectivity index (χ0v) is 9.27. The van der Waals surface area contributed by atoms with E-state index in [0.717, 1.165) is 0 Å². The highest BCUT2D eigenvalue weighted by atomic mass is 35.5. The highest BCUT2D eigenvalue weighted by Gasteiger charge is 2.06. The lowest BCUT2D eigenvalue weighted by Gasteiger charge is -2.09. The highest BCUT2D eigenvalue weighted by molar-refractivity contribution is 6.29. The summed E-state index contributed by atoms with van der Waals surface area (Å²) in [4.78, 5) is 15.5. The zero-order valence-electron chi connectivity index (χ0n) is 7.76. The fourth-order valence-corrected chi connectivity index (χ4v) is 1.44. The lowest BCUT2D eigenvalue weighted by molar-refractivity contribution is 0.682. The summed E-state index contributed by atoms with van der Waals surface area (Å²) < 4.78 is 1.46. The Hall–Kier alpha value is -0.800. The van der Waals surface area contributed by atoms with E-state index in [9.17, 15) is 4.79 Å². The molecule has 0 amide bonds. The van der Waals surface area contributed by atoms with Gasteiger partial charge in [0.25, 0.3) is 5.56 Å². The summed E-state index contributed by atoms with van der Waals surface area (Å²) in [6, 6.07) is 1.26. The van der Waals surface area contributed by atoms with Crippen molar-refractivity contribution in [3.05, 3.63) is 39.0 Å². The standard InChI is InChI=1S/C9H10Cl2N2O/c1-3-8-12-7(11)4-9(14)13(8)5-6(2)10/h4H,2-3,5H2,1H3. The molecule has 0 radical (unpaired) electrons. The molecule has 0 saturated heterocycles. The van der Waals surface area contributed by atoms with Gasteiger partial charge in [0.2, 0.25) is 0 Å². The number of hydrogen-bond acceptors (Lipinski definition) is 2. The summed E-state index contributed by atoms with van der Waals surface area (Å²) in [7, 11) is 0. The normalized spacial score (nSPS) is 10.2. The van der Waals surface area contributed by atoms with Crippen LogP contribution in [0.25, 0.3) is 0 Å². The molecule has 76 valence electrons. The molecule has 0 atom stereocenters. The topological polar surface area (TPSA) is 34.9 Å². The van der Waals surface area contributed by atoms with Gasteiger partial charge in [-0.3, -0.25) is 9.36 Å². The van der Waals surface area contributed by atoms with Gasteiger partial charge in [0.1, 0.15) is 11.0 Å². The second-order valence-electron chi connectivity index (χ2n) is 2.79. The molecule has 0 bridgehead atoms. The number of aryl methyl sites for hydroxylation is 1. The van der Waals surface area contributed by atoms with Crippen LogP contribution in [0.3, 0.4) is 0 Å². The Morgan fingerprint density at radius 3 is 2.86 bits per heavy atom. The SMILES string of the molecule is C=C(Cl)Cn1c(CC)nc(Cl)cc1=O. The second kappa shape index (κ2) is 4.62. The highest BCUT2D eigenvalue weighted by Crippen LogP contribution is 2.06. The molecule has 5 heteroatoms. The van der Waals surface area contributed by atoms with Crippen molar-refractivity contribution in [2.45, 2.75) is 19.9 Å². The third kappa shape index (κ3) is 2.59. The lowest BCUT2D eigenvalue weighted by atomic mass is 10.4. The van der Waals surface area contributed by atoms with Crippen LogP contribution in [-0.4, -0.2) is 9.55 Å². The fraction of sp³-hybridized carbons (Fsp3) is 0.333. The quantitative estimate of drug-likeness (QED) is 0.750. The van der Waals surface area contributed by atoms with Gasteiger partial charge in [-0.05, 0) is 0 Å². The first-order valence-corrected chi connectivity index (χ1v) is 4.89. The van der Waals surface area contributed by atoms with Crippen molar-refractivity contribution in [3.8, 4) is 0 Å². The van der Waals surface area contributed by atoms with E-state index in [0.29, 0.717) is 17.3 Å². The summed E-state index contributed by atoms with van der Waals surface area (Å²) in [5.41, 5.74) is -0.205. The maximum atomic E-state index is 11.5. The second-order valence-corrected chi connectivity index (χ2v) is 3.71. The van der Waals surface area contributed by atoms with Crippen molar-refractivity contribution < 1.29 is 0 Å². The van der Waals surface area contributed by atoms with Crippen LogP contribution in [0.15, 0.2) is 22.5 Å². The molecule has 1 rings (SSSR count). The van der Waals surface area contributed by atoms with Crippen LogP contribution >= 0.6 is 23.2 Å². The van der Waals surface area contributed by atoms with Gasteiger partial charge in [0.15, 0.2) is 0 Å². The van der Waals surface area contributed by atoms with Crippen molar-refractivity contribution in [3.63, 3.8) is 0 Å². The Balaban J connectivity index is 3.25. The third-order valence-corrected chi connectivity index (χ3v) is 2.02. The number of nitrogens with zero attached hydrogens (tertiary/aromatic N) is 2. The van der Waals surface area contributed by atoms with E-state index in [4.69, 9.17) is 23.2 Å². The molecule has 0 spiro atoms. The molecule has 3 nitrogen and oxygen atoms in total. The van der Waals surface area contributed by atoms with Gasteiger partial charge in [-0.2, -0.15) is 0 Å². The summed E-state index contributed by atoms with van der Waals surface area (Å²) in [6.07, 6.45) is 0.625. The van der Waals surface area contributed by atoms with Gasteiger partial charge in [-0.15, -0.1) is 0 Å². The van der Waals surface area contributed by atoms with Crippen molar-refractivity contribution in [1.29, 1.82) is 0 Å². The van der Waals surface area contributed by atoms with E-state index in [1.807, 2.05) is 6.92 Å². The summed E-state index contributed by atoms with van der Waals surface area (Å²) in [6.45, 7) is 5.70. The molecule has 0 aliphatic rings. The van der Waals surface area contributed by atoms with E-state index >= 15 is 0 Å². The summed E-state index contributed by atoms with van der Waals surface area (Å²) >= 11 is 11.3. The molecular weight excluding hydrogens is 223 g/mol. The van der Waals surface area contributed by atoms with E-state index in [1.165, 1.54) is 10.6 Å². The summed E-state index contributed by atoms with van der Waals surface area (Å²) in [5, 5.41) is 0.606. The van der Waals surface area contributed by atoms with Crippen molar-refractivity contribution in [2.24, 2.45) is 0 Å². The third-order valence-electron chi connectivity index (χ3n) is 1.70. The number of allylic oxidation sites excluding steroid dienone is 1. The van der Waals surface area contributed by atoms with E-state index < -0.39 is 0 Å². The Kier molecular flexibility index (Phi) is 3.72. The van der Waals surface area contributed by atoms with Gasteiger partial charge in [-0.25, -0.2) is 4.98 Å². The average Bonchev–Trinajstić information content (AvgIpc) is 2.08. The maximum Gasteiger partial charge on any atom is 0.255 e. The molecule has 1 aromatic heterocycles. The smallest absolute Gasteiger partial charge is 0.255 e. The van der Waals surface area contributed by atoms with Crippen molar-refractivity contribution in [1.82, 2.24) is 9.55 Å². The predicted molar refractivity (Wildman–Crippen MR) is 57.9 cm³/mol. The Morgan fingerprint density at radius 2 is 2.36 bits per heavy atom. The van der Waals surface area contributed by atoms with Gasteiger partial charge >= 0.3 is 0 Å². The molecule has 0 aliphatic carbocycles. The van der Waals surface area contributed by atoms with Crippen molar-refractivity contribution >= 4 is 23.2 Å². The van der Waals surface area contributed by atoms with Gasteiger partial charge in [0, 0.05) is 17.5 Å². The molecule has 0 fully saturated rings. The molecule has 0 N–H and O–H groups in total. The van der Waals surface area contributed by atoms with Gasteiger partial charge in [0.05, 0.1) is 6.54 Å². The molecule has 0 unspecified atom stereocenters. The van der Waals surface area contributed by atoms with Gasteiger partial charge < -0.3 is 0 Å². The number of aromatic nitrogens is 2. The summed E-state index contributed by atoms with van der Waals surface area (Å²) in [5.74, 6) is 0.615. The fourth-order valence-electron chi connectivity index (χ4n) is 1.13. The van der Waals surface area contributed by atoms with Gasteiger partial charge in [-0.1, -0.05) is 36.7 Å². The predicted octanol–water partition coefficient (Wildman–Crippen LogP) is 2.21. The minimum absolute atomic E-state index is 0.205. The number of halogens is 2. The first kappa shape index (κ1) is 11.3. The first-order valence-electron chi connectivity index (χ1n) is 4.14. The van der Waals surface area contributed by atoms with E-state index in [2.05, 4.69) is 11.6 Å². The number of hydrogen-bond donors (Lipinski definition) is 0. The Labute approximate surface area is 92.0 Å². The minimum Gasteiger partial charge on any atom is -0.291 e. The molecule has 0 aliphatic heterocycles. The Bertz CT molecular complexity index is 412. The van der Waals surface area contributed by atoms with Crippen LogP contribution in [0.1, 0.15) is 12.7 Å². The first-order chi connectivity index (χ1) is 6.54. The zero-order chi connectivity index (χ0) is 10.7. The maximum absolute atomic E-state index is 11.5.